The van der Waals surface area contributed by atoms with Crippen molar-refractivity contribution in [2.24, 2.45) is 0 Å². The Balaban J connectivity index is 3.23. The van der Waals surface area contributed by atoms with Gasteiger partial charge in [0.05, 0.1) is 12.4 Å². The van der Waals surface area contributed by atoms with E-state index in [0.717, 1.165) is 6.20 Å². The van der Waals surface area contributed by atoms with E-state index in [0.29, 0.717) is 0 Å². The van der Waals surface area contributed by atoms with Gasteiger partial charge in [0.15, 0.2) is 0 Å². The molecule has 0 aliphatic carbocycles. The summed E-state index contributed by atoms with van der Waals surface area (Å²) in [6.45, 7) is -5.61. The van der Waals surface area contributed by atoms with Crippen LogP contribution < -0.4 is 4.90 Å². The third-order valence-electron chi connectivity index (χ3n) is 0.822. The fourth-order valence-electron chi connectivity index (χ4n) is 0.440. The molecule has 0 aromatic carbocycles. The predicted octanol–water partition coefficient (Wildman–Crippen LogP) is 1.31. The lowest BCUT2D eigenvalue weighted by atomic mass is 10.6. The first-order valence-electron chi connectivity index (χ1n) is 5.40. The summed E-state index contributed by atoms with van der Waals surface area (Å²) in [6, 6.07) is 0. The number of nitrogens with zero attached hydrogens (tertiary/aromatic N) is 3. The van der Waals surface area contributed by atoms with Crippen LogP contribution in [-0.2, 0) is 0 Å². The van der Waals surface area contributed by atoms with E-state index < -0.39 is 14.0 Å². The zero-order valence-electron chi connectivity index (χ0n) is 10.9. The highest BCUT2D eigenvalue weighted by Crippen LogP contribution is 2.09. The third kappa shape index (κ3) is 1.67. The van der Waals surface area contributed by atoms with Crippen molar-refractivity contribution in [1.82, 2.24) is 9.97 Å². The molecule has 0 spiro atoms. The summed E-state index contributed by atoms with van der Waals surface area (Å²) in [5, 5.41) is 0. The van der Waals surface area contributed by atoms with Crippen molar-refractivity contribution in [3.8, 4) is 0 Å². The van der Waals surface area contributed by atoms with Gasteiger partial charge in [-0.15, -0.1) is 0 Å². The number of hydrogen-bond acceptors (Lipinski definition) is 3. The average Bonchev–Trinajstić information content (AvgIpc) is 1.97. The van der Waals surface area contributed by atoms with Crippen molar-refractivity contribution < 1.29 is 8.22 Å². The molecule has 0 radical (unpaired) electrons. The summed E-state index contributed by atoms with van der Waals surface area (Å²) in [6.07, 6.45) is 2.42. The van der Waals surface area contributed by atoms with Crippen LogP contribution in [0.3, 0.4) is 0 Å². The molecular weight excluding hydrogens is 194 g/mol. The summed E-state index contributed by atoms with van der Waals surface area (Å²) in [5.74, 6) is -0.227. The highest BCUT2D eigenvalue weighted by molar-refractivity contribution is 9.10. The molecule has 0 atom stereocenters. The van der Waals surface area contributed by atoms with Gasteiger partial charge in [-0.25, -0.2) is 4.98 Å². The van der Waals surface area contributed by atoms with Crippen LogP contribution in [0.25, 0.3) is 0 Å². The van der Waals surface area contributed by atoms with Gasteiger partial charge in [0.25, 0.3) is 0 Å². The monoisotopic (exact) mass is 207 g/mol. The fourth-order valence-corrected chi connectivity index (χ4v) is 0.740. The molecule has 0 amide bonds. The Bertz CT molecular complexity index is 361. The van der Waals surface area contributed by atoms with Crippen molar-refractivity contribution in [1.29, 1.82) is 0 Å². The van der Waals surface area contributed by atoms with E-state index in [1.165, 1.54) is 6.20 Å². The molecule has 0 fully saturated rings. The minimum atomic E-state index is -2.80. The van der Waals surface area contributed by atoms with Crippen LogP contribution in [0.1, 0.15) is 8.22 Å². The molecule has 0 N–H and O–H groups in total. The van der Waals surface area contributed by atoms with E-state index >= 15 is 0 Å². The van der Waals surface area contributed by atoms with Crippen LogP contribution >= 0.6 is 15.9 Å². The van der Waals surface area contributed by atoms with Crippen LogP contribution in [-0.4, -0.2) is 23.9 Å². The quantitative estimate of drug-likeness (QED) is 0.696. The van der Waals surface area contributed by atoms with Gasteiger partial charge < -0.3 is 4.90 Å². The SMILES string of the molecule is [2H]C([2H])([2H])N(c1cncc(Br)n1)C([2H])([2H])[2H]. The summed E-state index contributed by atoms with van der Waals surface area (Å²) in [7, 11) is 0. The maximum absolute atomic E-state index is 7.17. The number of halogens is 1. The summed E-state index contributed by atoms with van der Waals surface area (Å²) in [4.78, 5) is 7.72. The summed E-state index contributed by atoms with van der Waals surface area (Å²) < 4.78 is 43.3. The minimum Gasteiger partial charge on any atom is -0.361 e. The normalized spacial score (nSPS) is 20.9. The topological polar surface area (TPSA) is 29.0 Å². The van der Waals surface area contributed by atoms with Crippen LogP contribution in [0.2, 0.25) is 0 Å². The van der Waals surface area contributed by atoms with E-state index in [-0.39, 0.29) is 15.3 Å². The highest BCUT2D eigenvalue weighted by Gasteiger charge is 1.95. The zero-order valence-corrected chi connectivity index (χ0v) is 6.46. The molecule has 0 aliphatic rings. The maximum atomic E-state index is 7.17. The van der Waals surface area contributed by atoms with E-state index in [1.54, 1.807) is 0 Å². The van der Waals surface area contributed by atoms with Crippen molar-refractivity contribution in [2.75, 3.05) is 18.9 Å². The van der Waals surface area contributed by atoms with Crippen LogP contribution in [0.4, 0.5) is 5.82 Å². The molecule has 0 aliphatic heterocycles. The van der Waals surface area contributed by atoms with Gasteiger partial charge in [-0.2, -0.15) is 0 Å². The third-order valence-corrected chi connectivity index (χ3v) is 1.20. The zero-order chi connectivity index (χ0) is 12.6. The van der Waals surface area contributed by atoms with Gasteiger partial charge in [0.1, 0.15) is 10.4 Å². The second kappa shape index (κ2) is 2.96. The first-order chi connectivity index (χ1) is 7.12. The number of rotatable bonds is 1. The smallest absolute Gasteiger partial charge is 0.147 e. The molecule has 1 heterocycles. The minimum absolute atomic E-state index is 0.227. The Hall–Kier alpha value is -0.640. The Kier molecular flexibility index (Phi) is 0.822. The lowest BCUT2D eigenvalue weighted by Gasteiger charge is -2.09. The lowest BCUT2D eigenvalue weighted by molar-refractivity contribution is 1.03. The Labute approximate surface area is 76.7 Å². The van der Waals surface area contributed by atoms with Crippen LogP contribution in [0, 0.1) is 0 Å². The average molecular weight is 208 g/mol. The molecule has 0 unspecified atom stereocenters. The fraction of sp³-hybridized carbons (Fsp3) is 0.333. The summed E-state index contributed by atoms with van der Waals surface area (Å²) in [5.41, 5.74) is 0. The van der Waals surface area contributed by atoms with Crippen molar-refractivity contribution in [2.45, 2.75) is 0 Å². The lowest BCUT2D eigenvalue weighted by Crippen LogP contribution is -2.10. The summed E-state index contributed by atoms with van der Waals surface area (Å²) >= 11 is 3.00. The van der Waals surface area contributed by atoms with Crippen molar-refractivity contribution >= 4 is 21.7 Å². The standard InChI is InChI=1S/C6H8BrN3/c1-10(2)6-4-8-3-5(7)9-6/h3-4H,1-2H3/i1D3,2D3. The number of hydrogen-bond donors (Lipinski definition) is 0. The first kappa shape index (κ1) is 2.77. The number of aromatic nitrogens is 2. The molecule has 0 saturated carbocycles. The molecule has 0 saturated heterocycles. The van der Waals surface area contributed by atoms with E-state index in [9.17, 15) is 0 Å². The van der Waals surface area contributed by atoms with Crippen molar-refractivity contribution in [3.05, 3.63) is 17.0 Å². The molecule has 3 nitrogen and oxygen atoms in total. The van der Waals surface area contributed by atoms with Gasteiger partial charge >= 0.3 is 0 Å². The Morgan fingerprint density at radius 3 is 3.00 bits per heavy atom. The molecule has 1 rings (SSSR count). The van der Waals surface area contributed by atoms with Crippen LogP contribution in [0.5, 0.6) is 0 Å². The van der Waals surface area contributed by atoms with Gasteiger partial charge in [-0.3, -0.25) is 4.98 Å². The molecule has 0 bridgehead atoms. The molecule has 54 valence electrons. The molecule has 1 aromatic heterocycles. The Morgan fingerprint density at radius 2 is 2.40 bits per heavy atom. The largest absolute Gasteiger partial charge is 0.361 e. The van der Waals surface area contributed by atoms with Crippen molar-refractivity contribution in [3.63, 3.8) is 0 Å². The molecule has 1 aromatic rings. The van der Waals surface area contributed by atoms with E-state index in [2.05, 4.69) is 25.9 Å². The molecule has 10 heavy (non-hydrogen) atoms. The highest BCUT2D eigenvalue weighted by atomic mass is 79.9. The molecule has 4 heteroatoms. The van der Waals surface area contributed by atoms with Gasteiger partial charge in [-0.05, 0) is 15.9 Å². The van der Waals surface area contributed by atoms with Gasteiger partial charge in [0, 0.05) is 22.2 Å². The van der Waals surface area contributed by atoms with Gasteiger partial charge in [0.2, 0.25) is 0 Å². The predicted molar refractivity (Wildman–Crippen MR) is 44.1 cm³/mol. The second-order valence-electron chi connectivity index (χ2n) is 1.54. The van der Waals surface area contributed by atoms with Crippen LogP contribution in [0.15, 0.2) is 17.0 Å². The maximum Gasteiger partial charge on any atom is 0.147 e. The molecular formula is C6H8BrN3. The second-order valence-corrected chi connectivity index (χ2v) is 2.35. The number of anilines is 1. The Morgan fingerprint density at radius 1 is 1.60 bits per heavy atom. The van der Waals surface area contributed by atoms with E-state index in [1.807, 2.05) is 0 Å². The van der Waals surface area contributed by atoms with E-state index in [4.69, 9.17) is 8.22 Å². The van der Waals surface area contributed by atoms with Gasteiger partial charge in [-0.1, -0.05) is 0 Å². The first-order valence-corrected chi connectivity index (χ1v) is 3.19.